The molecule has 1 aromatic rings. The molecular formula is C18H25NO2. The first kappa shape index (κ1) is 13.3. The van der Waals surface area contributed by atoms with Crippen molar-refractivity contribution in [3.63, 3.8) is 0 Å². The first-order valence-corrected chi connectivity index (χ1v) is 8.25. The van der Waals surface area contributed by atoms with E-state index in [4.69, 9.17) is 9.47 Å². The van der Waals surface area contributed by atoms with Crippen LogP contribution in [0.2, 0.25) is 0 Å². The molecule has 0 unspecified atom stereocenters. The van der Waals surface area contributed by atoms with Gasteiger partial charge in [-0.05, 0) is 67.9 Å². The molecule has 0 radical (unpaired) electrons. The van der Waals surface area contributed by atoms with Gasteiger partial charge in [0.15, 0.2) is 11.5 Å². The number of ether oxygens (including phenoxy) is 2. The van der Waals surface area contributed by atoms with Gasteiger partial charge in [0.2, 0.25) is 0 Å². The summed E-state index contributed by atoms with van der Waals surface area (Å²) in [5, 5.41) is 3.81. The Kier molecular flexibility index (Phi) is 3.24. The van der Waals surface area contributed by atoms with Gasteiger partial charge >= 0.3 is 0 Å². The minimum absolute atomic E-state index is 0.663. The number of benzene rings is 1. The van der Waals surface area contributed by atoms with Crippen molar-refractivity contribution < 1.29 is 9.47 Å². The molecule has 1 aromatic carbocycles. The largest absolute Gasteiger partial charge is 0.493 e. The lowest BCUT2D eigenvalue weighted by Crippen LogP contribution is -2.51. The van der Waals surface area contributed by atoms with Crippen LogP contribution in [0.4, 0.5) is 5.69 Å². The van der Waals surface area contributed by atoms with Crippen LogP contribution in [-0.4, -0.2) is 20.3 Å². The van der Waals surface area contributed by atoms with Crippen LogP contribution in [-0.2, 0) is 0 Å². The van der Waals surface area contributed by atoms with E-state index < -0.39 is 0 Å². The smallest absolute Gasteiger partial charge is 0.162 e. The Morgan fingerprint density at radius 1 is 0.857 bits per heavy atom. The fourth-order valence-electron chi connectivity index (χ4n) is 5.28. The van der Waals surface area contributed by atoms with Gasteiger partial charge in [-0.15, -0.1) is 0 Å². The lowest BCUT2D eigenvalue weighted by atomic mass is 9.54. The van der Waals surface area contributed by atoms with Crippen molar-refractivity contribution in [3.8, 4) is 11.5 Å². The Hall–Kier alpha value is -1.38. The average molecular weight is 287 g/mol. The molecule has 4 bridgehead atoms. The van der Waals surface area contributed by atoms with Crippen molar-refractivity contribution in [1.82, 2.24) is 0 Å². The fraction of sp³-hybridized carbons (Fsp3) is 0.667. The Bertz CT molecular complexity index is 500. The van der Waals surface area contributed by atoms with E-state index in [-0.39, 0.29) is 0 Å². The molecule has 0 heterocycles. The normalized spacial score (nSPS) is 36.6. The Balaban J connectivity index is 1.53. The van der Waals surface area contributed by atoms with E-state index in [2.05, 4.69) is 17.4 Å². The number of methoxy groups -OCH3 is 2. The molecule has 0 aliphatic heterocycles. The minimum Gasteiger partial charge on any atom is -0.493 e. The van der Waals surface area contributed by atoms with Gasteiger partial charge in [-0.2, -0.15) is 0 Å². The number of hydrogen-bond donors (Lipinski definition) is 1. The predicted octanol–water partition coefficient (Wildman–Crippen LogP) is 3.94. The third-order valence-corrected chi connectivity index (χ3v) is 5.94. The molecule has 5 rings (SSSR count). The van der Waals surface area contributed by atoms with Crippen LogP contribution >= 0.6 is 0 Å². The van der Waals surface area contributed by atoms with Crippen molar-refractivity contribution >= 4 is 5.69 Å². The quantitative estimate of drug-likeness (QED) is 0.910. The van der Waals surface area contributed by atoms with E-state index in [1.165, 1.54) is 37.8 Å². The summed E-state index contributed by atoms with van der Waals surface area (Å²) in [6.45, 7) is 0. The summed E-state index contributed by atoms with van der Waals surface area (Å²) >= 11 is 0. The highest BCUT2D eigenvalue weighted by atomic mass is 16.5. The van der Waals surface area contributed by atoms with Crippen molar-refractivity contribution in [2.45, 2.75) is 38.1 Å². The van der Waals surface area contributed by atoms with Crippen LogP contribution in [0.15, 0.2) is 18.2 Å². The maximum atomic E-state index is 5.42. The van der Waals surface area contributed by atoms with Crippen molar-refractivity contribution in [1.29, 1.82) is 0 Å². The van der Waals surface area contributed by atoms with Crippen molar-refractivity contribution in [2.24, 2.45) is 23.7 Å². The molecule has 4 aliphatic carbocycles. The lowest BCUT2D eigenvalue weighted by Gasteiger charge is -2.54. The number of hydrogen-bond acceptors (Lipinski definition) is 3. The third kappa shape index (κ3) is 2.27. The van der Waals surface area contributed by atoms with Crippen LogP contribution in [0.25, 0.3) is 0 Å². The van der Waals surface area contributed by atoms with E-state index in [1.807, 2.05) is 6.07 Å². The molecule has 0 saturated heterocycles. The second kappa shape index (κ2) is 5.11. The highest BCUT2D eigenvalue weighted by molar-refractivity contribution is 5.55. The van der Waals surface area contributed by atoms with E-state index >= 15 is 0 Å². The summed E-state index contributed by atoms with van der Waals surface area (Å²) in [5.41, 5.74) is 1.17. The molecule has 0 aromatic heterocycles. The maximum Gasteiger partial charge on any atom is 0.162 e. The standard InChI is InChI=1S/C18H25NO2/c1-20-16-4-3-15(10-17(16)21-2)19-18-13-6-11-5-12(8-13)9-14(18)7-11/h3-4,10-14,18-19H,5-9H2,1-2H3. The third-order valence-electron chi connectivity index (χ3n) is 5.94. The van der Waals surface area contributed by atoms with Crippen LogP contribution in [0.5, 0.6) is 11.5 Å². The zero-order valence-electron chi connectivity index (χ0n) is 13.0. The van der Waals surface area contributed by atoms with Crippen molar-refractivity contribution in [3.05, 3.63) is 18.2 Å². The fourth-order valence-corrected chi connectivity index (χ4v) is 5.28. The molecule has 3 heteroatoms. The molecule has 4 saturated carbocycles. The number of nitrogens with one attached hydrogen (secondary N) is 1. The summed E-state index contributed by atoms with van der Waals surface area (Å²) in [5.74, 6) is 5.43. The SMILES string of the molecule is COc1ccc(NC2C3CC4CC(C3)CC2C4)cc1OC. The van der Waals surface area contributed by atoms with Crippen LogP contribution in [0.1, 0.15) is 32.1 Å². The lowest BCUT2D eigenvalue weighted by molar-refractivity contribution is 0.00753. The Morgan fingerprint density at radius 3 is 2.05 bits per heavy atom. The van der Waals surface area contributed by atoms with E-state index in [9.17, 15) is 0 Å². The monoisotopic (exact) mass is 287 g/mol. The van der Waals surface area contributed by atoms with Gasteiger partial charge < -0.3 is 14.8 Å². The first-order valence-electron chi connectivity index (χ1n) is 8.25. The molecule has 114 valence electrons. The zero-order valence-corrected chi connectivity index (χ0v) is 13.0. The summed E-state index contributed by atoms with van der Waals surface area (Å²) in [6, 6.07) is 6.85. The molecule has 0 amide bonds. The topological polar surface area (TPSA) is 30.5 Å². The molecule has 3 nitrogen and oxygen atoms in total. The highest BCUT2D eigenvalue weighted by Gasteiger charge is 2.48. The van der Waals surface area contributed by atoms with Crippen LogP contribution in [0.3, 0.4) is 0 Å². The van der Waals surface area contributed by atoms with E-state index in [0.29, 0.717) is 6.04 Å². The second-order valence-corrected chi connectivity index (χ2v) is 7.17. The van der Waals surface area contributed by atoms with Gasteiger partial charge in [0.1, 0.15) is 0 Å². The van der Waals surface area contributed by atoms with Gasteiger partial charge in [0.05, 0.1) is 14.2 Å². The average Bonchev–Trinajstić information content (AvgIpc) is 2.50. The first-order chi connectivity index (χ1) is 10.3. The number of rotatable bonds is 4. The predicted molar refractivity (Wildman–Crippen MR) is 84.0 cm³/mol. The molecule has 4 aliphatic rings. The van der Waals surface area contributed by atoms with E-state index in [0.717, 1.165) is 35.2 Å². The van der Waals surface area contributed by atoms with Gasteiger partial charge in [0.25, 0.3) is 0 Å². The van der Waals surface area contributed by atoms with Crippen LogP contribution in [0, 0.1) is 23.7 Å². The van der Waals surface area contributed by atoms with Gasteiger partial charge in [-0.3, -0.25) is 0 Å². The Labute approximate surface area is 127 Å². The maximum absolute atomic E-state index is 5.42. The summed E-state index contributed by atoms with van der Waals surface area (Å²) in [6.07, 6.45) is 7.28. The van der Waals surface area contributed by atoms with Gasteiger partial charge in [-0.25, -0.2) is 0 Å². The molecule has 4 fully saturated rings. The second-order valence-electron chi connectivity index (χ2n) is 7.17. The zero-order chi connectivity index (χ0) is 14.4. The minimum atomic E-state index is 0.663. The summed E-state index contributed by atoms with van der Waals surface area (Å²) < 4.78 is 10.7. The van der Waals surface area contributed by atoms with Gasteiger partial charge in [-0.1, -0.05) is 0 Å². The van der Waals surface area contributed by atoms with Gasteiger partial charge in [0, 0.05) is 17.8 Å². The summed E-state index contributed by atoms with van der Waals surface area (Å²) in [4.78, 5) is 0. The number of anilines is 1. The Morgan fingerprint density at radius 2 is 1.48 bits per heavy atom. The molecular weight excluding hydrogens is 262 g/mol. The molecule has 0 atom stereocenters. The summed E-state index contributed by atoms with van der Waals surface area (Å²) in [7, 11) is 3.38. The van der Waals surface area contributed by atoms with Crippen LogP contribution < -0.4 is 14.8 Å². The molecule has 21 heavy (non-hydrogen) atoms. The highest BCUT2D eigenvalue weighted by Crippen LogP contribution is 2.54. The molecule has 0 spiro atoms. The van der Waals surface area contributed by atoms with Crippen molar-refractivity contribution in [2.75, 3.05) is 19.5 Å². The molecule has 1 N–H and O–H groups in total. The van der Waals surface area contributed by atoms with E-state index in [1.54, 1.807) is 14.2 Å².